The van der Waals surface area contributed by atoms with Crippen molar-refractivity contribution in [3.63, 3.8) is 0 Å². The van der Waals surface area contributed by atoms with E-state index in [1.807, 2.05) is 12.1 Å². The lowest BCUT2D eigenvalue weighted by molar-refractivity contribution is -0.141. The highest BCUT2D eigenvalue weighted by molar-refractivity contribution is 5.86. The summed E-state index contributed by atoms with van der Waals surface area (Å²) in [5.41, 5.74) is 0.329. The Hall–Kier alpha value is -2.30. The second kappa shape index (κ2) is 4.91. The molecular weight excluding hydrogens is 234 g/mol. The molecule has 94 valence electrons. The summed E-state index contributed by atoms with van der Waals surface area (Å²) in [6.07, 6.45) is 0. The van der Waals surface area contributed by atoms with Crippen LogP contribution in [0.25, 0.3) is 10.9 Å². The van der Waals surface area contributed by atoms with Gasteiger partial charge in [-0.2, -0.15) is 0 Å². The van der Waals surface area contributed by atoms with Crippen LogP contribution in [-0.2, 0) is 16.1 Å². The Bertz CT molecular complexity index is 645. The van der Waals surface area contributed by atoms with Crippen LogP contribution in [0, 0.1) is 0 Å². The molecule has 2 rings (SSSR count). The number of methoxy groups -OCH3 is 2. The number of hydrogen-bond donors (Lipinski definition) is 0. The van der Waals surface area contributed by atoms with Crippen LogP contribution in [0.15, 0.2) is 35.1 Å². The Labute approximate surface area is 104 Å². The molecule has 0 unspecified atom stereocenters. The average Bonchev–Trinajstić information content (AvgIpc) is 2.40. The van der Waals surface area contributed by atoms with Crippen molar-refractivity contribution >= 4 is 16.9 Å². The third-order valence-corrected chi connectivity index (χ3v) is 2.71. The molecule has 0 saturated carbocycles. The van der Waals surface area contributed by atoms with Gasteiger partial charge in [-0.3, -0.25) is 14.2 Å². The van der Waals surface area contributed by atoms with Gasteiger partial charge in [0.2, 0.25) is 0 Å². The molecule has 0 fully saturated rings. The van der Waals surface area contributed by atoms with Crippen LogP contribution in [-0.4, -0.2) is 24.8 Å². The maximum atomic E-state index is 11.9. The van der Waals surface area contributed by atoms with Gasteiger partial charge in [0, 0.05) is 11.5 Å². The minimum atomic E-state index is -0.476. The van der Waals surface area contributed by atoms with Crippen LogP contribution >= 0.6 is 0 Å². The first-order valence-corrected chi connectivity index (χ1v) is 5.40. The molecule has 5 nitrogen and oxygen atoms in total. The van der Waals surface area contributed by atoms with Crippen LogP contribution in [0.2, 0.25) is 0 Å². The van der Waals surface area contributed by atoms with Gasteiger partial charge in [-0.25, -0.2) is 0 Å². The molecule has 1 heterocycles. The topological polar surface area (TPSA) is 57.5 Å². The number of carbonyl (C=O) groups is 1. The van der Waals surface area contributed by atoms with Gasteiger partial charge in [-0.05, 0) is 12.1 Å². The summed E-state index contributed by atoms with van der Waals surface area (Å²) in [5, 5.41) is 0.831. The van der Waals surface area contributed by atoms with Crippen LogP contribution < -0.4 is 10.3 Å². The largest absolute Gasteiger partial charge is 0.495 e. The minimum absolute atomic E-state index is 0.132. The molecular formula is C13H13NO4. The first-order chi connectivity index (χ1) is 8.67. The van der Waals surface area contributed by atoms with Gasteiger partial charge in [0.15, 0.2) is 0 Å². The SMILES string of the molecule is COC(=O)Cn1c(=O)ccc2cccc(OC)c21. The summed E-state index contributed by atoms with van der Waals surface area (Å²) in [7, 11) is 2.81. The molecule has 0 aliphatic carbocycles. The Morgan fingerprint density at radius 3 is 2.67 bits per heavy atom. The molecule has 5 heteroatoms. The smallest absolute Gasteiger partial charge is 0.325 e. The van der Waals surface area contributed by atoms with E-state index in [1.54, 1.807) is 12.1 Å². The Balaban J connectivity index is 2.72. The number of nitrogens with zero attached hydrogens (tertiary/aromatic N) is 1. The molecule has 1 aromatic carbocycles. The van der Waals surface area contributed by atoms with Crippen molar-refractivity contribution in [3.05, 3.63) is 40.7 Å². The van der Waals surface area contributed by atoms with Gasteiger partial charge >= 0.3 is 5.97 Å². The standard InChI is InChI=1S/C13H13NO4/c1-17-10-5-3-4-9-6-7-11(15)14(13(9)10)8-12(16)18-2/h3-7H,8H2,1-2H3. The summed E-state index contributed by atoms with van der Waals surface area (Å²) in [6, 6.07) is 8.55. The molecule has 0 radical (unpaired) electrons. The first-order valence-electron chi connectivity index (χ1n) is 5.40. The predicted octanol–water partition coefficient (Wildman–Crippen LogP) is 1.18. The number of benzene rings is 1. The molecule has 0 bridgehead atoms. The van der Waals surface area contributed by atoms with Gasteiger partial charge < -0.3 is 9.47 Å². The number of hydrogen-bond acceptors (Lipinski definition) is 4. The third kappa shape index (κ3) is 2.07. The van der Waals surface area contributed by atoms with Crippen molar-refractivity contribution in [1.29, 1.82) is 0 Å². The molecule has 0 atom stereocenters. The fourth-order valence-electron chi connectivity index (χ4n) is 1.84. The van der Waals surface area contributed by atoms with Crippen molar-refractivity contribution in [1.82, 2.24) is 4.57 Å². The number of aromatic nitrogens is 1. The number of fused-ring (bicyclic) bond motifs is 1. The summed E-state index contributed by atoms with van der Waals surface area (Å²) < 4.78 is 11.2. The highest BCUT2D eigenvalue weighted by atomic mass is 16.5. The molecule has 0 saturated heterocycles. The van der Waals surface area contributed by atoms with Gasteiger partial charge in [0.05, 0.1) is 19.7 Å². The van der Waals surface area contributed by atoms with E-state index in [0.717, 1.165) is 5.39 Å². The Morgan fingerprint density at radius 2 is 2.00 bits per heavy atom. The fraction of sp³-hybridized carbons (Fsp3) is 0.231. The van der Waals surface area contributed by atoms with E-state index >= 15 is 0 Å². The number of esters is 1. The number of carbonyl (C=O) groups excluding carboxylic acids is 1. The van der Waals surface area contributed by atoms with Gasteiger partial charge in [0.25, 0.3) is 5.56 Å². The Morgan fingerprint density at radius 1 is 1.22 bits per heavy atom. The van der Waals surface area contributed by atoms with Gasteiger partial charge in [-0.1, -0.05) is 12.1 Å². The van der Waals surface area contributed by atoms with Crippen molar-refractivity contribution in [2.75, 3.05) is 14.2 Å². The van der Waals surface area contributed by atoms with Gasteiger partial charge in [-0.15, -0.1) is 0 Å². The third-order valence-electron chi connectivity index (χ3n) is 2.71. The fourth-order valence-corrected chi connectivity index (χ4v) is 1.84. The zero-order valence-electron chi connectivity index (χ0n) is 10.2. The summed E-state index contributed by atoms with van der Waals surface area (Å²) >= 11 is 0. The summed E-state index contributed by atoms with van der Waals surface area (Å²) in [6.45, 7) is -0.132. The van der Waals surface area contributed by atoms with Crippen molar-refractivity contribution in [2.45, 2.75) is 6.54 Å². The second-order valence-electron chi connectivity index (χ2n) is 3.73. The van der Waals surface area contributed by atoms with E-state index < -0.39 is 5.97 Å². The van der Waals surface area contributed by atoms with Crippen LogP contribution in [0.1, 0.15) is 0 Å². The highest BCUT2D eigenvalue weighted by Crippen LogP contribution is 2.23. The second-order valence-corrected chi connectivity index (χ2v) is 3.73. The highest BCUT2D eigenvalue weighted by Gasteiger charge is 2.11. The van der Waals surface area contributed by atoms with E-state index in [2.05, 4.69) is 4.74 Å². The molecule has 0 aliphatic heterocycles. The quantitative estimate of drug-likeness (QED) is 0.764. The molecule has 0 N–H and O–H groups in total. The van der Waals surface area contributed by atoms with E-state index in [-0.39, 0.29) is 12.1 Å². The van der Waals surface area contributed by atoms with Gasteiger partial charge in [0.1, 0.15) is 12.3 Å². The molecule has 0 aliphatic rings. The molecule has 0 amide bonds. The normalized spacial score (nSPS) is 10.3. The number of rotatable bonds is 3. The number of ether oxygens (including phenoxy) is 2. The number of pyridine rings is 1. The number of para-hydroxylation sites is 1. The van der Waals surface area contributed by atoms with Crippen molar-refractivity contribution in [3.8, 4) is 5.75 Å². The maximum Gasteiger partial charge on any atom is 0.325 e. The van der Waals surface area contributed by atoms with Crippen molar-refractivity contribution < 1.29 is 14.3 Å². The molecule has 0 spiro atoms. The maximum absolute atomic E-state index is 11.9. The summed E-state index contributed by atoms with van der Waals surface area (Å²) in [4.78, 5) is 23.2. The zero-order valence-corrected chi connectivity index (χ0v) is 10.2. The first kappa shape index (κ1) is 12.2. The lowest BCUT2D eigenvalue weighted by atomic mass is 10.2. The molecule has 1 aromatic heterocycles. The van der Waals surface area contributed by atoms with E-state index in [4.69, 9.17) is 4.74 Å². The van der Waals surface area contributed by atoms with E-state index in [9.17, 15) is 9.59 Å². The Kier molecular flexibility index (Phi) is 3.32. The lowest BCUT2D eigenvalue weighted by Gasteiger charge is -2.12. The van der Waals surface area contributed by atoms with Crippen LogP contribution in [0.3, 0.4) is 0 Å². The average molecular weight is 247 g/mol. The molecule has 18 heavy (non-hydrogen) atoms. The summed E-state index contributed by atoms with van der Waals surface area (Å²) in [5.74, 6) is 0.0737. The monoisotopic (exact) mass is 247 g/mol. The predicted molar refractivity (Wildman–Crippen MR) is 66.8 cm³/mol. The van der Waals surface area contributed by atoms with E-state index in [1.165, 1.54) is 24.9 Å². The zero-order chi connectivity index (χ0) is 13.1. The van der Waals surface area contributed by atoms with E-state index in [0.29, 0.717) is 11.3 Å². The van der Waals surface area contributed by atoms with Crippen LogP contribution in [0.4, 0.5) is 0 Å². The van der Waals surface area contributed by atoms with Crippen LogP contribution in [0.5, 0.6) is 5.75 Å². The minimum Gasteiger partial charge on any atom is -0.495 e. The molecule has 2 aromatic rings. The lowest BCUT2D eigenvalue weighted by Crippen LogP contribution is -2.24. The van der Waals surface area contributed by atoms with Crippen molar-refractivity contribution in [2.24, 2.45) is 0 Å².